The zero-order chi connectivity index (χ0) is 25.5. The molecule has 0 aliphatic rings. The lowest BCUT2D eigenvalue weighted by Gasteiger charge is -1.93. The van der Waals surface area contributed by atoms with Crippen LogP contribution < -0.4 is 5.73 Å². The number of unbranched alkanes of at least 4 members (excludes halogenated alkanes) is 3. The first-order chi connectivity index (χ1) is 14.5. The van der Waals surface area contributed by atoms with Crippen LogP contribution in [0.2, 0.25) is 0 Å². The number of rotatable bonds is 10. The highest BCUT2D eigenvalue weighted by Crippen LogP contribution is 1.99. The summed E-state index contributed by atoms with van der Waals surface area (Å²) in [5, 5.41) is 30.0. The van der Waals surface area contributed by atoms with Crippen LogP contribution in [0.25, 0.3) is 0 Å². The Bertz CT molecular complexity index is 566. The molecule has 0 rings (SSSR count). The molecule has 0 aromatic carbocycles. The van der Waals surface area contributed by atoms with Crippen LogP contribution in [-0.4, -0.2) is 69.7 Å². The van der Waals surface area contributed by atoms with Crippen LogP contribution in [0.5, 0.6) is 0 Å². The van der Waals surface area contributed by atoms with Crippen LogP contribution in [0.3, 0.4) is 0 Å². The van der Waals surface area contributed by atoms with Crippen LogP contribution in [0.15, 0.2) is 47.9 Å². The first-order valence-electron chi connectivity index (χ1n) is 8.08. The van der Waals surface area contributed by atoms with Crippen molar-refractivity contribution in [3.8, 4) is 0 Å². The topological polar surface area (TPSA) is 234 Å². The summed E-state index contributed by atoms with van der Waals surface area (Å²) in [6.07, 6.45) is 7.97. The third-order valence-corrected chi connectivity index (χ3v) is 1.94. The minimum atomic E-state index is -1.33. The van der Waals surface area contributed by atoms with Gasteiger partial charge in [0.25, 0.3) is 0 Å². The Hall–Kier alpha value is -4.34. The van der Waals surface area contributed by atoms with Gasteiger partial charge in [-0.25, -0.2) is 38.8 Å². The lowest BCUT2D eigenvalue weighted by molar-refractivity contribution is -0.132. The molecule has 0 heterocycles. The maximum atomic E-state index is 9.63. The third-order valence-electron chi connectivity index (χ3n) is 1.94. The number of carbonyl (C=O) groups excluding carboxylic acids is 2. The number of nitrogens with zero attached hydrogens (tertiary/aromatic N) is 2. The van der Waals surface area contributed by atoms with E-state index >= 15 is 0 Å². The lowest BCUT2D eigenvalue weighted by Crippen LogP contribution is -2.03. The number of primary amides is 1. The van der Waals surface area contributed by atoms with Gasteiger partial charge >= 0.3 is 24.0 Å². The smallest absolute Gasteiger partial charge is 0.402 e. The second-order valence-corrected chi connectivity index (χ2v) is 4.33. The number of isocyanates is 2. The summed E-state index contributed by atoms with van der Waals surface area (Å²) in [4.78, 5) is 62.6. The van der Waals surface area contributed by atoms with E-state index in [0.717, 1.165) is 43.9 Å². The molecule has 0 aliphatic heterocycles. The average Bonchev–Trinajstić information content (AvgIpc) is 2.70. The molecule has 0 radical (unpaired) electrons. The van der Waals surface area contributed by atoms with Crippen molar-refractivity contribution in [1.29, 1.82) is 0 Å². The fraction of sp³-hybridized carbons (Fsp3) is 0.333. The first-order valence-corrected chi connectivity index (χ1v) is 8.08. The zero-order valence-electron chi connectivity index (χ0n) is 16.8. The van der Waals surface area contributed by atoms with Crippen LogP contribution in [-0.2, 0) is 24.0 Å². The predicted octanol–water partition coefficient (Wildman–Crippen LogP) is 1.61. The van der Waals surface area contributed by atoms with Gasteiger partial charge in [0.15, 0.2) is 0 Å². The van der Waals surface area contributed by atoms with E-state index in [1.54, 1.807) is 0 Å². The standard InChI is InChI=1S/C8H12N2O2.3C3H4O2.CH3NO2/c11-7-9-5-3-1-2-4-6-10-8-12;3*1-2-3(4)5;2-1(3)4/h1-6H2;3*2H,1H2,(H,4,5);2H2,(H,3,4). The van der Waals surface area contributed by atoms with E-state index in [9.17, 15) is 24.0 Å². The van der Waals surface area contributed by atoms with E-state index in [4.69, 9.17) is 25.2 Å². The summed E-state index contributed by atoms with van der Waals surface area (Å²) in [6.45, 7) is 9.99. The quantitative estimate of drug-likeness (QED) is 0.141. The minimum Gasteiger partial charge on any atom is -0.478 e. The Morgan fingerprint density at radius 1 is 0.677 bits per heavy atom. The fourth-order valence-electron chi connectivity index (χ4n) is 0.827. The van der Waals surface area contributed by atoms with Crippen molar-refractivity contribution < 1.29 is 49.2 Å². The normalized spacial score (nSPS) is 7.10. The molecule has 0 atom stereocenters. The summed E-state index contributed by atoms with van der Waals surface area (Å²) in [7, 11) is 0. The van der Waals surface area contributed by atoms with Crippen LogP contribution >= 0.6 is 0 Å². The van der Waals surface area contributed by atoms with E-state index in [2.05, 4.69) is 35.5 Å². The first kappa shape index (κ1) is 37.4. The van der Waals surface area contributed by atoms with Gasteiger partial charge in [-0.1, -0.05) is 32.6 Å². The Balaban J connectivity index is -0.0000000998. The van der Waals surface area contributed by atoms with Crippen LogP contribution in [0, 0.1) is 0 Å². The van der Waals surface area contributed by atoms with E-state index < -0.39 is 24.0 Å². The van der Waals surface area contributed by atoms with Gasteiger partial charge in [0.2, 0.25) is 12.2 Å². The Labute approximate surface area is 178 Å². The number of hydrogen-bond acceptors (Lipinski definition) is 8. The molecule has 13 heteroatoms. The van der Waals surface area contributed by atoms with Gasteiger partial charge in [0.1, 0.15) is 0 Å². The molecule has 174 valence electrons. The van der Waals surface area contributed by atoms with Crippen LogP contribution in [0.4, 0.5) is 4.79 Å². The van der Waals surface area contributed by atoms with Crippen LogP contribution in [0.1, 0.15) is 25.7 Å². The van der Waals surface area contributed by atoms with Crippen molar-refractivity contribution in [3.63, 3.8) is 0 Å². The molecule has 0 unspecified atom stereocenters. The second kappa shape index (κ2) is 36.6. The summed E-state index contributed by atoms with van der Waals surface area (Å²) in [5.74, 6) is -2.94. The molecule has 6 N–H and O–H groups in total. The van der Waals surface area contributed by atoms with Gasteiger partial charge in [-0.2, -0.15) is 0 Å². The molecular formula is C18H27N3O10. The molecule has 1 amide bonds. The molecule has 0 spiro atoms. The van der Waals surface area contributed by atoms with Crippen molar-refractivity contribution in [2.45, 2.75) is 25.7 Å². The summed E-state index contributed by atoms with van der Waals surface area (Å²) in [6, 6.07) is 0. The Morgan fingerprint density at radius 2 is 0.871 bits per heavy atom. The summed E-state index contributed by atoms with van der Waals surface area (Å²) in [5.41, 5.74) is 4.03. The highest BCUT2D eigenvalue weighted by molar-refractivity contribution is 5.79. The van der Waals surface area contributed by atoms with Crippen molar-refractivity contribution in [2.24, 2.45) is 15.7 Å². The third kappa shape index (κ3) is 126. The Kier molecular flexibility index (Phi) is 44.1. The maximum absolute atomic E-state index is 9.63. The second-order valence-electron chi connectivity index (χ2n) is 4.33. The zero-order valence-corrected chi connectivity index (χ0v) is 16.8. The fourth-order valence-corrected chi connectivity index (χ4v) is 0.827. The van der Waals surface area contributed by atoms with E-state index in [1.807, 2.05) is 0 Å². The van der Waals surface area contributed by atoms with Crippen molar-refractivity contribution in [3.05, 3.63) is 38.0 Å². The van der Waals surface area contributed by atoms with Gasteiger partial charge in [0, 0.05) is 18.2 Å². The monoisotopic (exact) mass is 445 g/mol. The number of carboxylic acid groups (broad SMARTS) is 4. The molecular weight excluding hydrogens is 418 g/mol. The van der Waals surface area contributed by atoms with E-state index in [1.165, 1.54) is 12.2 Å². The average molecular weight is 445 g/mol. The van der Waals surface area contributed by atoms with E-state index in [-0.39, 0.29) is 0 Å². The molecule has 13 nitrogen and oxygen atoms in total. The highest BCUT2D eigenvalue weighted by Gasteiger charge is 1.87. The molecule has 0 aromatic rings. The molecule has 0 saturated heterocycles. The van der Waals surface area contributed by atoms with Crippen molar-refractivity contribution in [1.82, 2.24) is 0 Å². The van der Waals surface area contributed by atoms with Gasteiger partial charge in [-0.15, -0.1) is 0 Å². The Morgan fingerprint density at radius 3 is 1.00 bits per heavy atom. The number of aliphatic imine (C=N–C) groups is 2. The molecule has 0 bridgehead atoms. The number of nitrogens with two attached hydrogens (primary N) is 1. The van der Waals surface area contributed by atoms with Gasteiger partial charge in [-0.3, -0.25) is 0 Å². The van der Waals surface area contributed by atoms with Crippen molar-refractivity contribution in [2.75, 3.05) is 13.1 Å². The lowest BCUT2D eigenvalue weighted by atomic mass is 10.2. The predicted molar refractivity (Wildman–Crippen MR) is 110 cm³/mol. The number of aliphatic carboxylic acids is 3. The van der Waals surface area contributed by atoms with Crippen molar-refractivity contribution >= 4 is 36.2 Å². The van der Waals surface area contributed by atoms with Gasteiger partial charge in [0.05, 0.1) is 13.1 Å². The highest BCUT2D eigenvalue weighted by atomic mass is 16.4. The number of amides is 1. The summed E-state index contributed by atoms with van der Waals surface area (Å²) < 4.78 is 0. The molecule has 0 aliphatic carbocycles. The maximum Gasteiger partial charge on any atom is 0.402 e. The number of hydrogen-bond donors (Lipinski definition) is 5. The van der Waals surface area contributed by atoms with Gasteiger partial charge < -0.3 is 26.2 Å². The number of carbonyl (C=O) groups is 4. The van der Waals surface area contributed by atoms with E-state index in [0.29, 0.717) is 13.1 Å². The van der Waals surface area contributed by atoms with Gasteiger partial charge in [-0.05, 0) is 12.8 Å². The molecule has 31 heavy (non-hydrogen) atoms. The molecule has 0 fully saturated rings. The largest absolute Gasteiger partial charge is 0.478 e. The molecule has 0 aromatic heterocycles. The summed E-state index contributed by atoms with van der Waals surface area (Å²) >= 11 is 0. The minimum absolute atomic E-state index is 0.556. The SMILES string of the molecule is C=CC(=O)O.C=CC(=O)O.C=CC(=O)O.NC(=O)O.O=C=NCCCCCCN=C=O. The molecule has 0 saturated carbocycles. The number of carboxylic acids is 3.